The van der Waals surface area contributed by atoms with Gasteiger partial charge in [-0.25, -0.2) is 9.59 Å². The summed E-state index contributed by atoms with van der Waals surface area (Å²) in [5, 5.41) is 0. The third kappa shape index (κ3) is 7.01. The van der Waals surface area contributed by atoms with E-state index in [0.717, 1.165) is 5.56 Å². The predicted octanol–water partition coefficient (Wildman–Crippen LogP) is 3.72. The van der Waals surface area contributed by atoms with Crippen LogP contribution in [-0.2, 0) is 19.1 Å². The van der Waals surface area contributed by atoms with Crippen molar-refractivity contribution in [2.75, 3.05) is 27.4 Å². The lowest BCUT2D eigenvalue weighted by Crippen LogP contribution is -2.16. The summed E-state index contributed by atoms with van der Waals surface area (Å²) in [7, 11) is 3.14. The molecule has 0 unspecified atom stereocenters. The van der Waals surface area contributed by atoms with E-state index >= 15 is 0 Å². The van der Waals surface area contributed by atoms with Crippen molar-refractivity contribution in [3.05, 3.63) is 53.1 Å². The lowest BCUT2D eigenvalue weighted by Gasteiger charge is -2.08. The smallest absolute Gasteiger partial charge is 0.337 e. The molecular weight excluding hydrogens is 348 g/mol. The van der Waals surface area contributed by atoms with E-state index in [1.54, 1.807) is 65.4 Å². The fraction of sp³-hybridized carbons (Fsp3) is 0.333. The SMILES string of the molecule is CC=C(C)C(=O)OCC(=CC)C(=O)OCC=Cc1ccc(OC)c(OC)c1. The van der Waals surface area contributed by atoms with Crippen LogP contribution >= 0.6 is 0 Å². The summed E-state index contributed by atoms with van der Waals surface area (Å²) in [5.41, 5.74) is 1.65. The zero-order valence-electron chi connectivity index (χ0n) is 16.4. The highest BCUT2D eigenvalue weighted by molar-refractivity contribution is 5.91. The number of methoxy groups -OCH3 is 2. The van der Waals surface area contributed by atoms with Gasteiger partial charge < -0.3 is 18.9 Å². The van der Waals surface area contributed by atoms with Crippen molar-refractivity contribution < 1.29 is 28.5 Å². The van der Waals surface area contributed by atoms with Crippen LogP contribution in [-0.4, -0.2) is 39.4 Å². The fourth-order valence-electron chi connectivity index (χ4n) is 1.99. The third-order valence-electron chi connectivity index (χ3n) is 3.75. The molecule has 0 saturated heterocycles. The van der Waals surface area contributed by atoms with Crippen molar-refractivity contribution in [2.24, 2.45) is 0 Å². The molecule has 0 aliphatic heterocycles. The summed E-state index contributed by atoms with van der Waals surface area (Å²) < 4.78 is 20.7. The van der Waals surface area contributed by atoms with Crippen molar-refractivity contribution in [1.82, 2.24) is 0 Å². The Kier molecular flexibility index (Phi) is 9.43. The minimum atomic E-state index is -0.527. The second-order valence-electron chi connectivity index (χ2n) is 5.48. The molecule has 0 N–H and O–H groups in total. The fourth-order valence-corrected chi connectivity index (χ4v) is 1.99. The number of carbonyl (C=O) groups excluding carboxylic acids is 2. The van der Waals surface area contributed by atoms with Gasteiger partial charge in [-0.05, 0) is 44.5 Å². The van der Waals surface area contributed by atoms with Crippen LogP contribution in [0.4, 0.5) is 0 Å². The van der Waals surface area contributed by atoms with Gasteiger partial charge in [0.25, 0.3) is 0 Å². The number of benzene rings is 1. The van der Waals surface area contributed by atoms with Gasteiger partial charge in [0.1, 0.15) is 13.2 Å². The average molecular weight is 374 g/mol. The monoisotopic (exact) mass is 374 g/mol. The van der Waals surface area contributed by atoms with Crippen LogP contribution in [0.15, 0.2) is 47.6 Å². The van der Waals surface area contributed by atoms with Gasteiger partial charge in [0.2, 0.25) is 0 Å². The number of carbonyl (C=O) groups is 2. The molecule has 1 aromatic rings. The van der Waals surface area contributed by atoms with E-state index in [-0.39, 0.29) is 18.8 Å². The molecule has 27 heavy (non-hydrogen) atoms. The van der Waals surface area contributed by atoms with Crippen molar-refractivity contribution in [3.63, 3.8) is 0 Å². The standard InChI is InChI=1S/C21H26O6/c1-6-15(3)20(22)27-14-17(7-2)21(23)26-12-8-9-16-10-11-18(24-4)19(13-16)25-5/h6-11,13H,12,14H2,1-5H3. The zero-order chi connectivity index (χ0) is 20.2. The minimum absolute atomic E-state index is 0.0896. The normalized spacial score (nSPS) is 12.0. The average Bonchev–Trinajstić information content (AvgIpc) is 2.70. The Labute approximate surface area is 160 Å². The highest BCUT2D eigenvalue weighted by atomic mass is 16.5. The summed E-state index contributed by atoms with van der Waals surface area (Å²) in [4.78, 5) is 23.7. The number of rotatable bonds is 9. The lowest BCUT2D eigenvalue weighted by molar-refractivity contribution is -0.141. The minimum Gasteiger partial charge on any atom is -0.493 e. The number of hydrogen-bond donors (Lipinski definition) is 0. The van der Waals surface area contributed by atoms with Crippen LogP contribution in [0.3, 0.4) is 0 Å². The number of hydrogen-bond acceptors (Lipinski definition) is 6. The van der Waals surface area contributed by atoms with Gasteiger partial charge in [-0.3, -0.25) is 0 Å². The molecule has 6 heteroatoms. The highest BCUT2D eigenvalue weighted by Gasteiger charge is 2.13. The number of allylic oxidation sites excluding steroid dienone is 2. The van der Waals surface area contributed by atoms with Gasteiger partial charge in [-0.15, -0.1) is 0 Å². The van der Waals surface area contributed by atoms with Gasteiger partial charge in [0, 0.05) is 5.57 Å². The van der Waals surface area contributed by atoms with E-state index in [4.69, 9.17) is 18.9 Å². The molecule has 0 fully saturated rings. The molecule has 0 aromatic heterocycles. The molecule has 0 bridgehead atoms. The molecule has 1 rings (SSSR count). The van der Waals surface area contributed by atoms with Gasteiger partial charge in [0.05, 0.1) is 19.8 Å². The lowest BCUT2D eigenvalue weighted by atomic mass is 10.2. The summed E-state index contributed by atoms with van der Waals surface area (Å²) in [6.45, 7) is 5.04. The number of esters is 2. The maximum absolute atomic E-state index is 12.1. The van der Waals surface area contributed by atoms with E-state index < -0.39 is 11.9 Å². The first-order chi connectivity index (χ1) is 13.0. The molecule has 6 nitrogen and oxygen atoms in total. The molecule has 0 aliphatic rings. The Balaban J connectivity index is 2.55. The van der Waals surface area contributed by atoms with E-state index in [0.29, 0.717) is 17.1 Å². The van der Waals surface area contributed by atoms with Crippen LogP contribution in [0, 0.1) is 0 Å². The molecule has 146 valence electrons. The molecule has 0 amide bonds. The predicted molar refractivity (Wildman–Crippen MR) is 104 cm³/mol. The molecule has 0 saturated carbocycles. The van der Waals surface area contributed by atoms with Crippen LogP contribution in [0.25, 0.3) is 6.08 Å². The van der Waals surface area contributed by atoms with Crippen LogP contribution in [0.2, 0.25) is 0 Å². The van der Waals surface area contributed by atoms with Crippen LogP contribution in [0.1, 0.15) is 26.3 Å². The van der Waals surface area contributed by atoms with Gasteiger partial charge in [0.15, 0.2) is 11.5 Å². The van der Waals surface area contributed by atoms with Gasteiger partial charge in [-0.2, -0.15) is 0 Å². The Morgan fingerprint density at radius 2 is 1.67 bits per heavy atom. The highest BCUT2D eigenvalue weighted by Crippen LogP contribution is 2.27. The van der Waals surface area contributed by atoms with Crippen molar-refractivity contribution in [3.8, 4) is 11.5 Å². The summed E-state index contributed by atoms with van der Waals surface area (Å²) >= 11 is 0. The van der Waals surface area contributed by atoms with Gasteiger partial charge in [-0.1, -0.05) is 24.3 Å². The summed E-state index contributed by atoms with van der Waals surface area (Å²) in [6, 6.07) is 5.47. The largest absolute Gasteiger partial charge is 0.493 e. The molecule has 0 spiro atoms. The Bertz CT molecular complexity index is 743. The first kappa shape index (κ1) is 22.0. The molecule has 0 atom stereocenters. The first-order valence-corrected chi connectivity index (χ1v) is 8.47. The maximum atomic E-state index is 12.1. The maximum Gasteiger partial charge on any atom is 0.337 e. The molecule has 0 heterocycles. The third-order valence-corrected chi connectivity index (χ3v) is 3.75. The van der Waals surface area contributed by atoms with Gasteiger partial charge >= 0.3 is 11.9 Å². The molecule has 1 aromatic carbocycles. The molecule has 0 radical (unpaired) electrons. The van der Waals surface area contributed by atoms with E-state index in [9.17, 15) is 9.59 Å². The van der Waals surface area contributed by atoms with E-state index in [1.807, 2.05) is 12.1 Å². The van der Waals surface area contributed by atoms with Crippen LogP contribution < -0.4 is 9.47 Å². The topological polar surface area (TPSA) is 71.1 Å². The van der Waals surface area contributed by atoms with Crippen molar-refractivity contribution in [2.45, 2.75) is 20.8 Å². The van der Waals surface area contributed by atoms with Crippen molar-refractivity contribution in [1.29, 1.82) is 0 Å². The Hall–Kier alpha value is -3.02. The summed E-state index contributed by atoms with van der Waals surface area (Å²) in [5.74, 6) is 0.269. The zero-order valence-corrected chi connectivity index (χ0v) is 16.4. The van der Waals surface area contributed by atoms with Crippen LogP contribution in [0.5, 0.6) is 11.5 Å². The van der Waals surface area contributed by atoms with E-state index in [2.05, 4.69) is 0 Å². The molecular formula is C21H26O6. The first-order valence-electron chi connectivity index (χ1n) is 8.47. The second kappa shape index (κ2) is 11.6. The Morgan fingerprint density at radius 1 is 0.963 bits per heavy atom. The Morgan fingerprint density at radius 3 is 2.26 bits per heavy atom. The quantitative estimate of drug-likeness (QED) is 0.485. The van der Waals surface area contributed by atoms with E-state index in [1.165, 1.54) is 0 Å². The second-order valence-corrected chi connectivity index (χ2v) is 5.48. The summed E-state index contributed by atoms with van der Waals surface area (Å²) in [6.07, 6.45) is 6.73. The number of ether oxygens (including phenoxy) is 4. The van der Waals surface area contributed by atoms with Crippen molar-refractivity contribution >= 4 is 18.0 Å². The molecule has 0 aliphatic carbocycles.